The summed E-state index contributed by atoms with van der Waals surface area (Å²) in [6.45, 7) is 7.19. The summed E-state index contributed by atoms with van der Waals surface area (Å²) >= 11 is 0. The monoisotopic (exact) mass is 374 g/mol. The second kappa shape index (κ2) is 8.47. The standard InChI is InChI=1S/C19H26N4O4/c1-19(2,3)27-17(24)13-25-12-16-21-22-18(26-16)14-7-10-23(11-8-14)15-6-4-5-9-20-15/h4-6,9,14H,7-8,10-13H2,1-3H3. The third-order valence-electron chi connectivity index (χ3n) is 4.17. The third-order valence-corrected chi connectivity index (χ3v) is 4.17. The van der Waals surface area contributed by atoms with Crippen LogP contribution in [-0.2, 0) is 20.9 Å². The van der Waals surface area contributed by atoms with E-state index >= 15 is 0 Å². The van der Waals surface area contributed by atoms with Gasteiger partial charge in [-0.05, 0) is 45.7 Å². The molecule has 3 rings (SSSR count). The van der Waals surface area contributed by atoms with Crippen molar-refractivity contribution in [2.75, 3.05) is 24.6 Å². The number of aromatic nitrogens is 3. The summed E-state index contributed by atoms with van der Waals surface area (Å²) in [6, 6.07) is 5.93. The number of hydrogen-bond donors (Lipinski definition) is 0. The summed E-state index contributed by atoms with van der Waals surface area (Å²) in [5, 5.41) is 8.17. The second-order valence-corrected chi connectivity index (χ2v) is 7.56. The number of carbonyl (C=O) groups is 1. The van der Waals surface area contributed by atoms with Crippen LogP contribution in [0.4, 0.5) is 5.82 Å². The van der Waals surface area contributed by atoms with Gasteiger partial charge in [0.05, 0.1) is 0 Å². The lowest BCUT2D eigenvalue weighted by Crippen LogP contribution is -2.33. The van der Waals surface area contributed by atoms with Crippen LogP contribution in [0.2, 0.25) is 0 Å². The van der Waals surface area contributed by atoms with E-state index in [1.54, 1.807) is 0 Å². The van der Waals surface area contributed by atoms with E-state index in [1.807, 2.05) is 45.2 Å². The zero-order valence-electron chi connectivity index (χ0n) is 16.1. The van der Waals surface area contributed by atoms with Crippen LogP contribution in [0.1, 0.15) is 51.3 Å². The molecule has 3 heterocycles. The van der Waals surface area contributed by atoms with Gasteiger partial charge < -0.3 is 18.8 Å². The first-order valence-corrected chi connectivity index (χ1v) is 9.18. The van der Waals surface area contributed by atoms with Crippen molar-refractivity contribution >= 4 is 11.8 Å². The minimum atomic E-state index is -0.526. The van der Waals surface area contributed by atoms with Crippen LogP contribution in [0, 0.1) is 0 Å². The number of anilines is 1. The Balaban J connectivity index is 1.44. The highest BCUT2D eigenvalue weighted by atomic mass is 16.6. The number of rotatable bonds is 6. The van der Waals surface area contributed by atoms with Gasteiger partial charge in [0, 0.05) is 25.2 Å². The van der Waals surface area contributed by atoms with Crippen molar-refractivity contribution in [2.24, 2.45) is 0 Å². The third kappa shape index (κ3) is 5.75. The lowest BCUT2D eigenvalue weighted by molar-refractivity contribution is -0.160. The number of esters is 1. The van der Waals surface area contributed by atoms with E-state index in [4.69, 9.17) is 13.9 Å². The Kier molecular flexibility index (Phi) is 6.05. The smallest absolute Gasteiger partial charge is 0.332 e. The van der Waals surface area contributed by atoms with Gasteiger partial charge in [0.15, 0.2) is 0 Å². The fraction of sp³-hybridized carbons (Fsp3) is 0.579. The average Bonchev–Trinajstić information content (AvgIpc) is 3.10. The number of pyridine rings is 1. The Morgan fingerprint density at radius 3 is 2.70 bits per heavy atom. The van der Waals surface area contributed by atoms with Crippen molar-refractivity contribution in [1.82, 2.24) is 15.2 Å². The first kappa shape index (κ1) is 19.3. The zero-order chi connectivity index (χ0) is 19.3. The number of hydrogen-bond acceptors (Lipinski definition) is 8. The van der Waals surface area contributed by atoms with Gasteiger partial charge >= 0.3 is 5.97 Å². The minimum absolute atomic E-state index is 0.0963. The van der Waals surface area contributed by atoms with Crippen molar-refractivity contribution in [1.29, 1.82) is 0 Å². The van der Waals surface area contributed by atoms with E-state index in [2.05, 4.69) is 20.1 Å². The van der Waals surface area contributed by atoms with Crippen LogP contribution in [0.15, 0.2) is 28.8 Å². The van der Waals surface area contributed by atoms with Crippen LogP contribution in [-0.4, -0.2) is 46.4 Å². The fourth-order valence-corrected chi connectivity index (χ4v) is 2.98. The van der Waals surface area contributed by atoms with Gasteiger partial charge in [0.25, 0.3) is 0 Å². The molecule has 1 aliphatic rings. The normalized spacial score (nSPS) is 15.7. The molecule has 1 fully saturated rings. The lowest BCUT2D eigenvalue weighted by atomic mass is 9.97. The van der Waals surface area contributed by atoms with Gasteiger partial charge in [-0.3, -0.25) is 0 Å². The van der Waals surface area contributed by atoms with Crippen molar-refractivity contribution in [3.8, 4) is 0 Å². The van der Waals surface area contributed by atoms with Crippen molar-refractivity contribution < 1.29 is 18.7 Å². The number of piperidine rings is 1. The first-order chi connectivity index (χ1) is 12.9. The van der Waals surface area contributed by atoms with Crippen LogP contribution in [0.3, 0.4) is 0 Å². The fourth-order valence-electron chi connectivity index (χ4n) is 2.98. The number of carbonyl (C=O) groups excluding carboxylic acids is 1. The van der Waals surface area contributed by atoms with Crippen LogP contribution < -0.4 is 4.90 Å². The summed E-state index contributed by atoms with van der Waals surface area (Å²) in [6.07, 6.45) is 3.66. The van der Waals surface area contributed by atoms with Crippen LogP contribution >= 0.6 is 0 Å². The molecule has 0 N–H and O–H groups in total. The molecule has 0 bridgehead atoms. The molecule has 0 aliphatic carbocycles. The first-order valence-electron chi connectivity index (χ1n) is 9.18. The van der Waals surface area contributed by atoms with E-state index in [9.17, 15) is 4.79 Å². The largest absolute Gasteiger partial charge is 0.458 e. The van der Waals surface area contributed by atoms with E-state index in [0.29, 0.717) is 11.8 Å². The van der Waals surface area contributed by atoms with Gasteiger partial charge in [-0.25, -0.2) is 9.78 Å². The minimum Gasteiger partial charge on any atom is -0.458 e. The molecular formula is C19H26N4O4. The van der Waals surface area contributed by atoms with E-state index in [1.165, 1.54) is 0 Å². The van der Waals surface area contributed by atoms with E-state index < -0.39 is 11.6 Å². The summed E-state index contributed by atoms with van der Waals surface area (Å²) in [4.78, 5) is 18.3. The van der Waals surface area contributed by atoms with Crippen LogP contribution in [0.5, 0.6) is 0 Å². The summed E-state index contributed by atoms with van der Waals surface area (Å²) in [7, 11) is 0. The van der Waals surface area contributed by atoms with Gasteiger partial charge in [-0.1, -0.05) is 6.07 Å². The maximum atomic E-state index is 11.6. The molecule has 0 atom stereocenters. The van der Waals surface area contributed by atoms with Gasteiger partial charge in [-0.15, -0.1) is 10.2 Å². The maximum Gasteiger partial charge on any atom is 0.332 e. The Hall–Kier alpha value is -2.48. The molecule has 0 aromatic carbocycles. The SMILES string of the molecule is CC(C)(C)OC(=O)COCc1nnc(C2CCN(c3ccccn3)CC2)o1. The molecule has 1 aliphatic heterocycles. The Morgan fingerprint density at radius 2 is 2.04 bits per heavy atom. The molecule has 2 aromatic rings. The maximum absolute atomic E-state index is 11.6. The highest BCUT2D eigenvalue weighted by Crippen LogP contribution is 2.29. The molecule has 8 nitrogen and oxygen atoms in total. The van der Waals surface area contributed by atoms with E-state index in [0.717, 1.165) is 31.7 Å². The van der Waals surface area contributed by atoms with Gasteiger partial charge in [0.1, 0.15) is 24.6 Å². The topological polar surface area (TPSA) is 90.6 Å². The Morgan fingerprint density at radius 1 is 1.26 bits per heavy atom. The predicted octanol–water partition coefficient (Wildman–Crippen LogP) is 2.71. The van der Waals surface area contributed by atoms with Crippen molar-refractivity contribution in [3.63, 3.8) is 0 Å². The lowest BCUT2D eigenvalue weighted by Gasteiger charge is -2.31. The molecule has 27 heavy (non-hydrogen) atoms. The Bertz CT molecular complexity index is 734. The average molecular weight is 374 g/mol. The van der Waals surface area contributed by atoms with Crippen molar-refractivity contribution in [2.45, 2.75) is 51.7 Å². The second-order valence-electron chi connectivity index (χ2n) is 7.56. The van der Waals surface area contributed by atoms with Crippen LogP contribution in [0.25, 0.3) is 0 Å². The molecule has 0 amide bonds. The number of nitrogens with zero attached hydrogens (tertiary/aromatic N) is 4. The highest BCUT2D eigenvalue weighted by Gasteiger charge is 2.25. The molecule has 1 saturated heterocycles. The van der Waals surface area contributed by atoms with Crippen molar-refractivity contribution in [3.05, 3.63) is 36.2 Å². The highest BCUT2D eigenvalue weighted by molar-refractivity contribution is 5.71. The van der Waals surface area contributed by atoms with Gasteiger partial charge in [0.2, 0.25) is 11.8 Å². The molecule has 0 saturated carbocycles. The summed E-state index contributed by atoms with van der Waals surface area (Å²) < 4.78 is 16.2. The van der Waals surface area contributed by atoms with Gasteiger partial charge in [-0.2, -0.15) is 0 Å². The molecule has 0 radical (unpaired) electrons. The summed E-state index contributed by atoms with van der Waals surface area (Å²) in [5.74, 6) is 1.83. The zero-order valence-corrected chi connectivity index (χ0v) is 16.1. The molecule has 2 aromatic heterocycles. The van der Waals surface area contributed by atoms with E-state index in [-0.39, 0.29) is 19.1 Å². The molecule has 0 spiro atoms. The molecule has 0 unspecified atom stereocenters. The number of ether oxygens (including phenoxy) is 2. The molecule has 146 valence electrons. The molecular weight excluding hydrogens is 348 g/mol. The predicted molar refractivity (Wildman–Crippen MR) is 98.2 cm³/mol. The Labute approximate surface area is 158 Å². The quantitative estimate of drug-likeness (QED) is 0.713. The summed E-state index contributed by atoms with van der Waals surface area (Å²) in [5.41, 5.74) is -0.526. The molecule has 8 heteroatoms.